The van der Waals surface area contributed by atoms with Crippen LogP contribution in [0, 0.1) is 28.6 Å². The van der Waals surface area contributed by atoms with Crippen LogP contribution in [0.25, 0.3) is 0 Å². The van der Waals surface area contributed by atoms with Gasteiger partial charge >= 0.3 is 0 Å². The Labute approximate surface area is 204 Å². The van der Waals surface area contributed by atoms with Crippen molar-refractivity contribution in [3.8, 4) is 0 Å². The molecule has 34 heavy (non-hydrogen) atoms. The highest BCUT2D eigenvalue weighted by Crippen LogP contribution is 2.64. The Morgan fingerprint density at radius 3 is 2.76 bits per heavy atom. The summed E-state index contributed by atoms with van der Waals surface area (Å²) in [7, 11) is 4.13. The Bertz CT molecular complexity index is 981. The second-order valence-corrected chi connectivity index (χ2v) is 11.9. The minimum absolute atomic E-state index is 0.0366. The Balaban J connectivity index is 1.18. The number of oxime groups is 1. The van der Waals surface area contributed by atoms with Crippen molar-refractivity contribution in [2.24, 2.45) is 33.7 Å². The van der Waals surface area contributed by atoms with Gasteiger partial charge in [0, 0.05) is 31.0 Å². The van der Waals surface area contributed by atoms with Crippen LogP contribution in [0.2, 0.25) is 0 Å². The molecule has 0 aliphatic heterocycles. The van der Waals surface area contributed by atoms with Gasteiger partial charge in [-0.1, -0.05) is 29.8 Å². The monoisotopic (exact) mass is 467 g/mol. The highest BCUT2D eigenvalue weighted by molar-refractivity contribution is 5.96. The topological polar surface area (TPSA) is 72.6 Å². The third-order valence-electron chi connectivity index (χ3n) is 9.68. The number of hydrogen-bond donors (Lipinski definition) is 0. The third-order valence-corrected chi connectivity index (χ3v) is 9.68. The first-order valence-corrected chi connectivity index (χ1v) is 13.3. The fourth-order valence-corrected chi connectivity index (χ4v) is 7.58. The molecule has 0 amide bonds. The van der Waals surface area contributed by atoms with Crippen molar-refractivity contribution < 1.29 is 9.63 Å². The maximum absolute atomic E-state index is 12.6. The third kappa shape index (κ3) is 4.25. The number of fused-ring (bicyclic) bond motifs is 5. The molecule has 0 bridgehead atoms. The van der Waals surface area contributed by atoms with E-state index in [1.807, 2.05) is 10.9 Å². The van der Waals surface area contributed by atoms with Gasteiger partial charge in [0.1, 0.15) is 12.4 Å². The Kier molecular flexibility index (Phi) is 6.42. The number of nitrogens with zero attached hydrogens (tertiary/aromatic N) is 5. The largest absolute Gasteiger partial charge is 0.394 e. The van der Waals surface area contributed by atoms with E-state index in [0.717, 1.165) is 62.9 Å². The van der Waals surface area contributed by atoms with Crippen LogP contribution in [-0.4, -0.2) is 58.6 Å². The van der Waals surface area contributed by atoms with Gasteiger partial charge in [-0.3, -0.25) is 4.79 Å². The number of aromatic nitrogens is 3. The number of allylic oxidation sites excluding steroid dienone is 2. The van der Waals surface area contributed by atoms with Crippen LogP contribution in [0.1, 0.15) is 70.9 Å². The van der Waals surface area contributed by atoms with E-state index >= 15 is 0 Å². The minimum Gasteiger partial charge on any atom is -0.394 e. The average Bonchev–Trinajstić information content (AvgIpc) is 3.39. The van der Waals surface area contributed by atoms with Crippen LogP contribution >= 0.6 is 0 Å². The van der Waals surface area contributed by atoms with Crippen molar-refractivity contribution in [1.29, 1.82) is 0 Å². The van der Waals surface area contributed by atoms with E-state index in [9.17, 15) is 4.79 Å². The van der Waals surface area contributed by atoms with Gasteiger partial charge in [-0.15, -0.1) is 5.10 Å². The molecular formula is C27H41N5O2. The summed E-state index contributed by atoms with van der Waals surface area (Å²) < 4.78 is 1.84. The fraction of sp³-hybridized carbons (Fsp3) is 0.778. The van der Waals surface area contributed by atoms with Crippen LogP contribution in [-0.2, 0) is 22.6 Å². The quantitative estimate of drug-likeness (QED) is 0.442. The van der Waals surface area contributed by atoms with Crippen LogP contribution in [0.3, 0.4) is 0 Å². The summed E-state index contributed by atoms with van der Waals surface area (Å²) >= 11 is 0. The lowest BCUT2D eigenvalue weighted by molar-refractivity contribution is -0.132. The number of hydrogen-bond acceptors (Lipinski definition) is 6. The Morgan fingerprint density at radius 1 is 1.12 bits per heavy atom. The lowest BCUT2D eigenvalue weighted by Crippen LogP contribution is -2.50. The standard InChI is InChI=1S/C27H41N5O2/c1-26-12-9-20(29-34-16-15-32-18-21(28-30-32)11-14-31(3)4)17-19(26)5-6-22-23-7-8-25(33)27(23,2)13-10-24(22)26/h17-18,22-24H,5-16H2,1-4H3/b29-20+/t22?,23?,24?,26-,27-/m0/s1. The highest BCUT2D eigenvalue weighted by atomic mass is 16.6. The maximum Gasteiger partial charge on any atom is 0.139 e. The van der Waals surface area contributed by atoms with Gasteiger partial charge in [0.2, 0.25) is 0 Å². The van der Waals surface area contributed by atoms with E-state index in [-0.39, 0.29) is 10.8 Å². The molecule has 5 atom stereocenters. The van der Waals surface area contributed by atoms with Gasteiger partial charge < -0.3 is 9.74 Å². The van der Waals surface area contributed by atoms with Crippen molar-refractivity contribution in [2.45, 2.75) is 78.2 Å². The van der Waals surface area contributed by atoms with Gasteiger partial charge in [-0.05, 0) is 88.3 Å². The molecule has 1 aromatic heterocycles. The van der Waals surface area contributed by atoms with E-state index in [0.29, 0.717) is 36.7 Å². The number of carbonyl (C=O) groups excluding carboxylic acids is 1. The zero-order chi connectivity index (χ0) is 23.9. The van der Waals surface area contributed by atoms with Crippen molar-refractivity contribution in [3.63, 3.8) is 0 Å². The predicted molar refractivity (Wildman–Crippen MR) is 132 cm³/mol. The molecule has 1 aromatic rings. The summed E-state index contributed by atoms with van der Waals surface area (Å²) in [5.41, 5.74) is 3.88. The van der Waals surface area contributed by atoms with Crippen molar-refractivity contribution in [3.05, 3.63) is 23.5 Å². The molecule has 7 nitrogen and oxygen atoms in total. The predicted octanol–water partition coefficient (Wildman–Crippen LogP) is 4.29. The average molecular weight is 468 g/mol. The lowest BCUT2D eigenvalue weighted by Gasteiger charge is -2.57. The molecule has 186 valence electrons. The second kappa shape index (κ2) is 9.21. The first-order chi connectivity index (χ1) is 16.3. The zero-order valence-electron chi connectivity index (χ0n) is 21.4. The molecule has 0 N–H and O–H groups in total. The number of ketones is 1. The van der Waals surface area contributed by atoms with E-state index in [2.05, 4.69) is 54.4 Å². The van der Waals surface area contributed by atoms with Crippen LogP contribution < -0.4 is 0 Å². The number of Topliss-reactive ketones (excluding diaryl/α,β-unsaturated/α-hetero) is 1. The van der Waals surface area contributed by atoms with Gasteiger partial charge in [-0.2, -0.15) is 0 Å². The van der Waals surface area contributed by atoms with Gasteiger partial charge in [0.25, 0.3) is 0 Å². The van der Waals surface area contributed by atoms with E-state index in [1.54, 1.807) is 5.57 Å². The molecule has 7 heteroatoms. The molecule has 0 aromatic carbocycles. The van der Waals surface area contributed by atoms with Crippen LogP contribution in [0.4, 0.5) is 0 Å². The molecule has 0 spiro atoms. The molecular weight excluding hydrogens is 426 g/mol. The molecule has 1 heterocycles. The maximum atomic E-state index is 12.6. The zero-order valence-corrected chi connectivity index (χ0v) is 21.4. The summed E-state index contributed by atoms with van der Waals surface area (Å²) in [5, 5.41) is 12.9. The van der Waals surface area contributed by atoms with Crippen LogP contribution in [0.15, 0.2) is 23.0 Å². The molecule has 4 aliphatic carbocycles. The Hall–Kier alpha value is -2.02. The summed E-state index contributed by atoms with van der Waals surface area (Å²) in [4.78, 5) is 20.5. The molecule has 0 radical (unpaired) electrons. The number of rotatable bonds is 7. The molecule has 0 saturated heterocycles. The second-order valence-electron chi connectivity index (χ2n) is 11.9. The molecule has 3 fully saturated rings. The fourth-order valence-electron chi connectivity index (χ4n) is 7.58. The SMILES string of the molecule is CN(C)CCc1cn(CCO/N=C2/C=C3CCC4C(CC[C@]5(C)C(=O)CCC45)[C@@]3(C)CC2)nn1. The Morgan fingerprint density at radius 2 is 1.94 bits per heavy atom. The smallest absolute Gasteiger partial charge is 0.139 e. The summed E-state index contributed by atoms with van der Waals surface area (Å²) in [6, 6.07) is 0. The summed E-state index contributed by atoms with van der Waals surface area (Å²) in [5.74, 6) is 2.57. The summed E-state index contributed by atoms with van der Waals surface area (Å²) in [6.45, 7) is 6.88. The number of carbonyl (C=O) groups is 1. The van der Waals surface area contributed by atoms with E-state index < -0.39 is 0 Å². The van der Waals surface area contributed by atoms with E-state index in [1.165, 1.54) is 12.8 Å². The summed E-state index contributed by atoms with van der Waals surface area (Å²) in [6.07, 6.45) is 14.0. The van der Waals surface area contributed by atoms with Gasteiger partial charge in [0.05, 0.1) is 18.0 Å². The minimum atomic E-state index is -0.0366. The molecule has 3 saturated carbocycles. The first-order valence-electron chi connectivity index (χ1n) is 13.3. The molecule has 4 aliphatic rings. The first kappa shape index (κ1) is 23.7. The van der Waals surface area contributed by atoms with Gasteiger partial charge in [0.15, 0.2) is 0 Å². The number of likely N-dealkylation sites (N-methyl/N-ethyl adjacent to an activating group) is 1. The molecule has 5 rings (SSSR count). The lowest BCUT2D eigenvalue weighted by atomic mass is 9.47. The van der Waals surface area contributed by atoms with Crippen LogP contribution in [0.5, 0.6) is 0 Å². The van der Waals surface area contributed by atoms with E-state index in [4.69, 9.17) is 4.84 Å². The van der Waals surface area contributed by atoms with Crippen molar-refractivity contribution in [2.75, 3.05) is 27.2 Å². The highest BCUT2D eigenvalue weighted by Gasteiger charge is 2.58. The molecule has 3 unspecified atom stereocenters. The van der Waals surface area contributed by atoms with Crippen molar-refractivity contribution in [1.82, 2.24) is 19.9 Å². The normalized spacial score (nSPS) is 36.3. The van der Waals surface area contributed by atoms with Crippen molar-refractivity contribution >= 4 is 11.5 Å². The van der Waals surface area contributed by atoms with Gasteiger partial charge in [-0.25, -0.2) is 4.68 Å².